The molecule has 0 saturated carbocycles. The molecule has 0 spiro atoms. The molecule has 0 atom stereocenters. The van der Waals surface area contributed by atoms with Gasteiger partial charge in [0.05, 0.1) is 16.1 Å². The first-order valence-corrected chi connectivity index (χ1v) is 8.40. The molecule has 0 bridgehead atoms. The van der Waals surface area contributed by atoms with Crippen LogP contribution in [0.2, 0.25) is 10.0 Å². The van der Waals surface area contributed by atoms with Crippen LogP contribution in [0.3, 0.4) is 0 Å². The highest BCUT2D eigenvalue weighted by Crippen LogP contribution is 2.32. The van der Waals surface area contributed by atoms with Gasteiger partial charge in [-0.15, -0.1) is 0 Å². The van der Waals surface area contributed by atoms with Crippen LogP contribution in [0.25, 0.3) is 10.9 Å². The van der Waals surface area contributed by atoms with E-state index in [0.717, 1.165) is 5.56 Å². The predicted molar refractivity (Wildman–Crippen MR) is 101 cm³/mol. The number of rotatable bonds is 4. The maximum absolute atomic E-state index is 12.7. The molecule has 8 heteroatoms. The van der Waals surface area contributed by atoms with Crippen LogP contribution in [0, 0.1) is 6.92 Å². The number of benzene rings is 2. The minimum absolute atomic E-state index is 0.259. The van der Waals surface area contributed by atoms with Gasteiger partial charge in [-0.05, 0) is 30.7 Å². The van der Waals surface area contributed by atoms with E-state index in [1.165, 1.54) is 10.8 Å². The Bertz CT molecular complexity index is 991. The zero-order chi connectivity index (χ0) is 18.8. The summed E-state index contributed by atoms with van der Waals surface area (Å²) in [6.45, 7) is 1.52. The van der Waals surface area contributed by atoms with Crippen molar-refractivity contribution in [3.05, 3.63) is 63.8 Å². The molecule has 3 rings (SSSR count). The molecular weight excluding hydrogens is 377 g/mol. The van der Waals surface area contributed by atoms with Crippen molar-refractivity contribution in [2.24, 2.45) is 5.84 Å². The summed E-state index contributed by atoms with van der Waals surface area (Å²) in [5.74, 6) is 4.77. The van der Waals surface area contributed by atoms with Crippen LogP contribution in [0.1, 0.15) is 20.7 Å². The van der Waals surface area contributed by atoms with Gasteiger partial charge in [-0.25, -0.2) is 5.84 Å². The van der Waals surface area contributed by atoms with E-state index in [4.69, 9.17) is 33.8 Å². The summed E-state index contributed by atoms with van der Waals surface area (Å²) in [5, 5.41) is 1.42. The van der Waals surface area contributed by atoms with E-state index < -0.39 is 5.91 Å². The summed E-state index contributed by atoms with van der Waals surface area (Å²) < 4.78 is 6.96. The second-order valence-corrected chi connectivity index (χ2v) is 6.46. The van der Waals surface area contributed by atoms with Crippen molar-refractivity contribution in [3.63, 3.8) is 0 Å². The Balaban J connectivity index is 1.91. The van der Waals surface area contributed by atoms with E-state index in [2.05, 4.69) is 5.43 Å². The van der Waals surface area contributed by atoms with Crippen LogP contribution >= 0.6 is 23.2 Å². The SMILES string of the molecule is Cc1cc(Cl)cc(Cl)c1OCC(=O)n1cc(C(=O)NN)c2ccccc21. The van der Waals surface area contributed by atoms with Crippen LogP contribution in [0.15, 0.2) is 42.6 Å². The van der Waals surface area contributed by atoms with E-state index in [1.807, 2.05) is 0 Å². The van der Waals surface area contributed by atoms with Gasteiger partial charge >= 0.3 is 0 Å². The van der Waals surface area contributed by atoms with Gasteiger partial charge in [0, 0.05) is 16.6 Å². The lowest BCUT2D eigenvalue weighted by Gasteiger charge is -2.11. The first kappa shape index (κ1) is 18.3. The minimum atomic E-state index is -0.481. The number of halogens is 2. The molecule has 0 aliphatic carbocycles. The van der Waals surface area contributed by atoms with Crippen molar-refractivity contribution in [3.8, 4) is 5.75 Å². The van der Waals surface area contributed by atoms with Crippen LogP contribution in [-0.2, 0) is 0 Å². The average molecular weight is 392 g/mol. The van der Waals surface area contributed by atoms with E-state index in [9.17, 15) is 9.59 Å². The Hall–Kier alpha value is -2.54. The number of ether oxygens (including phenoxy) is 1. The molecule has 0 aliphatic heterocycles. The highest BCUT2D eigenvalue weighted by Gasteiger charge is 2.18. The molecule has 2 aromatic carbocycles. The molecule has 134 valence electrons. The molecule has 3 aromatic rings. The van der Waals surface area contributed by atoms with Crippen molar-refractivity contribution in [1.29, 1.82) is 0 Å². The van der Waals surface area contributed by atoms with Crippen LogP contribution in [0.5, 0.6) is 5.75 Å². The number of aromatic nitrogens is 1. The smallest absolute Gasteiger partial charge is 0.269 e. The van der Waals surface area contributed by atoms with Gasteiger partial charge in [0.2, 0.25) is 0 Å². The molecule has 1 aromatic heterocycles. The van der Waals surface area contributed by atoms with Gasteiger partial charge in [0.1, 0.15) is 5.75 Å². The summed E-state index contributed by atoms with van der Waals surface area (Å²) in [5.41, 5.74) is 3.68. The zero-order valence-electron chi connectivity index (χ0n) is 13.8. The van der Waals surface area contributed by atoms with Gasteiger partial charge in [0.15, 0.2) is 6.61 Å². The molecule has 3 N–H and O–H groups in total. The number of hydrogen-bond acceptors (Lipinski definition) is 4. The number of nitrogens with one attached hydrogen (secondary N) is 1. The van der Waals surface area contributed by atoms with Crippen LogP contribution in [-0.4, -0.2) is 23.0 Å². The Labute approximate surface area is 159 Å². The number of hydrazine groups is 1. The number of amides is 1. The molecule has 0 radical (unpaired) electrons. The number of hydrogen-bond donors (Lipinski definition) is 2. The largest absolute Gasteiger partial charge is 0.482 e. The standard InChI is InChI=1S/C18H15Cl2N3O3/c1-10-6-11(19)7-14(20)17(10)26-9-16(24)23-8-13(18(25)22-21)12-4-2-3-5-15(12)23/h2-8H,9,21H2,1H3,(H,22,25). The highest BCUT2D eigenvalue weighted by molar-refractivity contribution is 6.35. The minimum Gasteiger partial charge on any atom is -0.482 e. The Morgan fingerprint density at radius 1 is 1.23 bits per heavy atom. The third kappa shape index (κ3) is 3.39. The number of nitrogens with zero attached hydrogens (tertiary/aromatic N) is 1. The summed E-state index contributed by atoms with van der Waals surface area (Å²) in [6, 6.07) is 10.3. The topological polar surface area (TPSA) is 86.3 Å². The number of nitrogens with two attached hydrogens (primary N) is 1. The molecule has 0 fully saturated rings. The third-order valence-electron chi connectivity index (χ3n) is 3.89. The lowest BCUT2D eigenvalue weighted by molar-refractivity contribution is 0.0843. The molecule has 26 heavy (non-hydrogen) atoms. The molecule has 0 aliphatic rings. The Morgan fingerprint density at radius 2 is 1.96 bits per heavy atom. The van der Waals surface area contributed by atoms with Crippen molar-refractivity contribution in [1.82, 2.24) is 9.99 Å². The van der Waals surface area contributed by atoms with E-state index in [0.29, 0.717) is 32.3 Å². The van der Waals surface area contributed by atoms with Crippen molar-refractivity contribution in [2.45, 2.75) is 6.92 Å². The predicted octanol–water partition coefficient (Wildman–Crippen LogP) is 3.58. The Kier molecular flexibility index (Phi) is 5.18. The van der Waals surface area contributed by atoms with Gasteiger partial charge in [-0.3, -0.25) is 19.6 Å². The van der Waals surface area contributed by atoms with Crippen LogP contribution in [0.4, 0.5) is 0 Å². The fourth-order valence-corrected chi connectivity index (χ4v) is 3.37. The average Bonchev–Trinajstić information content (AvgIpc) is 2.99. The molecule has 6 nitrogen and oxygen atoms in total. The number of aryl methyl sites for hydroxylation is 1. The van der Waals surface area contributed by atoms with E-state index in [1.54, 1.807) is 43.3 Å². The lowest BCUT2D eigenvalue weighted by atomic mass is 10.2. The second-order valence-electron chi connectivity index (χ2n) is 5.62. The number of nitrogen functional groups attached to an aromatic ring is 1. The normalized spacial score (nSPS) is 10.8. The number of para-hydroxylation sites is 1. The first-order valence-electron chi connectivity index (χ1n) is 7.65. The lowest BCUT2D eigenvalue weighted by Crippen LogP contribution is -2.29. The molecule has 0 saturated heterocycles. The maximum Gasteiger partial charge on any atom is 0.269 e. The van der Waals surface area contributed by atoms with Crippen molar-refractivity contribution >= 4 is 45.9 Å². The monoisotopic (exact) mass is 391 g/mol. The maximum atomic E-state index is 12.7. The summed E-state index contributed by atoms with van der Waals surface area (Å²) in [4.78, 5) is 24.6. The highest BCUT2D eigenvalue weighted by atomic mass is 35.5. The van der Waals surface area contributed by atoms with Gasteiger partial charge in [0.25, 0.3) is 11.8 Å². The fourth-order valence-electron chi connectivity index (χ4n) is 2.72. The van der Waals surface area contributed by atoms with Crippen molar-refractivity contribution < 1.29 is 14.3 Å². The fraction of sp³-hybridized carbons (Fsp3) is 0.111. The van der Waals surface area contributed by atoms with E-state index in [-0.39, 0.29) is 12.5 Å². The summed E-state index contributed by atoms with van der Waals surface area (Å²) in [7, 11) is 0. The number of carbonyl (C=O) groups is 2. The van der Waals surface area contributed by atoms with Gasteiger partial charge in [-0.1, -0.05) is 41.4 Å². The van der Waals surface area contributed by atoms with Gasteiger partial charge < -0.3 is 4.74 Å². The molecule has 1 heterocycles. The molecule has 1 amide bonds. The first-order chi connectivity index (χ1) is 12.4. The number of fused-ring (bicyclic) bond motifs is 1. The summed E-state index contributed by atoms with van der Waals surface area (Å²) in [6.07, 6.45) is 1.44. The van der Waals surface area contributed by atoms with Crippen LogP contribution < -0.4 is 16.0 Å². The molecular formula is C18H15Cl2N3O3. The zero-order valence-corrected chi connectivity index (χ0v) is 15.3. The Morgan fingerprint density at radius 3 is 2.65 bits per heavy atom. The molecule has 0 unspecified atom stereocenters. The quantitative estimate of drug-likeness (QED) is 0.404. The number of carbonyl (C=O) groups excluding carboxylic acids is 2. The third-order valence-corrected chi connectivity index (χ3v) is 4.39. The van der Waals surface area contributed by atoms with Gasteiger partial charge in [-0.2, -0.15) is 0 Å². The second kappa shape index (κ2) is 7.37. The van der Waals surface area contributed by atoms with E-state index >= 15 is 0 Å². The van der Waals surface area contributed by atoms with Crippen molar-refractivity contribution in [2.75, 3.05) is 6.61 Å². The summed E-state index contributed by atoms with van der Waals surface area (Å²) >= 11 is 12.1.